The van der Waals surface area contributed by atoms with Crippen molar-refractivity contribution in [2.75, 3.05) is 13.6 Å². The molecular weight excluding hydrogens is 168 g/mol. The zero-order chi connectivity index (χ0) is 9.84. The molecule has 0 fully saturated rings. The Kier molecular flexibility index (Phi) is 3.39. The first kappa shape index (κ1) is 10.1. The Balaban J connectivity index is 2.45. The van der Waals surface area contributed by atoms with Crippen molar-refractivity contribution in [2.24, 2.45) is 7.05 Å². The van der Waals surface area contributed by atoms with Crippen molar-refractivity contribution in [1.29, 1.82) is 0 Å². The third-order valence-electron chi connectivity index (χ3n) is 1.79. The molecule has 1 heterocycles. The number of hydrogen-bond donors (Lipinski definition) is 1. The van der Waals surface area contributed by atoms with Crippen LogP contribution in [0.2, 0.25) is 0 Å². The Bertz CT molecular complexity index is 258. The number of likely N-dealkylation sites (N-methyl/N-ethyl adjacent to an activating group) is 1. The molecule has 0 aromatic carbocycles. The van der Waals surface area contributed by atoms with Crippen molar-refractivity contribution in [3.63, 3.8) is 0 Å². The van der Waals surface area contributed by atoms with E-state index in [0.717, 1.165) is 5.82 Å². The van der Waals surface area contributed by atoms with Crippen molar-refractivity contribution in [2.45, 2.75) is 19.6 Å². The van der Waals surface area contributed by atoms with Gasteiger partial charge < -0.3 is 5.11 Å². The standard InChI is InChI=1S/C8H16N4O/c1-7(13)4-11(2)5-8-9-6-10-12(8)3/h6-7,13H,4-5H2,1-3H3. The van der Waals surface area contributed by atoms with E-state index in [1.807, 2.05) is 19.0 Å². The molecule has 0 spiro atoms. The molecule has 5 nitrogen and oxygen atoms in total. The molecule has 0 saturated carbocycles. The summed E-state index contributed by atoms with van der Waals surface area (Å²) in [7, 11) is 3.81. The maximum atomic E-state index is 9.14. The highest BCUT2D eigenvalue weighted by Gasteiger charge is 2.06. The van der Waals surface area contributed by atoms with Gasteiger partial charge in [0, 0.05) is 13.6 Å². The second kappa shape index (κ2) is 4.34. The minimum absolute atomic E-state index is 0.307. The molecule has 5 heteroatoms. The normalized spacial score (nSPS) is 13.6. The van der Waals surface area contributed by atoms with Gasteiger partial charge in [0.15, 0.2) is 0 Å². The first-order valence-electron chi connectivity index (χ1n) is 4.29. The highest BCUT2D eigenvalue weighted by molar-refractivity contribution is 4.82. The molecule has 0 amide bonds. The quantitative estimate of drug-likeness (QED) is 0.693. The van der Waals surface area contributed by atoms with Crippen LogP contribution in [0.15, 0.2) is 6.33 Å². The SMILES string of the molecule is CC(O)CN(C)Cc1ncnn1C. The van der Waals surface area contributed by atoms with Crippen LogP contribution < -0.4 is 0 Å². The minimum Gasteiger partial charge on any atom is -0.392 e. The van der Waals surface area contributed by atoms with E-state index in [1.165, 1.54) is 6.33 Å². The molecule has 0 aliphatic rings. The highest BCUT2D eigenvalue weighted by atomic mass is 16.3. The van der Waals surface area contributed by atoms with Gasteiger partial charge in [-0.05, 0) is 14.0 Å². The van der Waals surface area contributed by atoms with Gasteiger partial charge in [-0.1, -0.05) is 0 Å². The second-order valence-corrected chi connectivity index (χ2v) is 3.35. The number of aromatic nitrogens is 3. The van der Waals surface area contributed by atoms with Crippen molar-refractivity contribution in [3.05, 3.63) is 12.2 Å². The number of nitrogens with zero attached hydrogens (tertiary/aromatic N) is 4. The summed E-state index contributed by atoms with van der Waals surface area (Å²) in [5.41, 5.74) is 0. The molecule has 1 N–H and O–H groups in total. The van der Waals surface area contributed by atoms with Crippen LogP contribution in [0.25, 0.3) is 0 Å². The fourth-order valence-electron chi connectivity index (χ4n) is 1.22. The van der Waals surface area contributed by atoms with Gasteiger partial charge in [-0.2, -0.15) is 5.10 Å². The van der Waals surface area contributed by atoms with E-state index in [2.05, 4.69) is 10.1 Å². The lowest BCUT2D eigenvalue weighted by molar-refractivity contribution is 0.136. The van der Waals surface area contributed by atoms with E-state index < -0.39 is 0 Å². The van der Waals surface area contributed by atoms with E-state index in [1.54, 1.807) is 11.6 Å². The topological polar surface area (TPSA) is 54.2 Å². The van der Waals surface area contributed by atoms with Gasteiger partial charge >= 0.3 is 0 Å². The predicted molar refractivity (Wildman–Crippen MR) is 49.0 cm³/mol. The lowest BCUT2D eigenvalue weighted by Crippen LogP contribution is -2.27. The first-order chi connectivity index (χ1) is 6.09. The van der Waals surface area contributed by atoms with Gasteiger partial charge in [0.25, 0.3) is 0 Å². The van der Waals surface area contributed by atoms with Crippen molar-refractivity contribution in [3.8, 4) is 0 Å². The van der Waals surface area contributed by atoms with Crippen LogP contribution in [-0.2, 0) is 13.6 Å². The Morgan fingerprint density at radius 2 is 2.38 bits per heavy atom. The molecular formula is C8H16N4O. The number of hydrogen-bond acceptors (Lipinski definition) is 4. The van der Waals surface area contributed by atoms with Crippen LogP contribution in [0.5, 0.6) is 0 Å². The monoisotopic (exact) mass is 184 g/mol. The fraction of sp³-hybridized carbons (Fsp3) is 0.750. The van der Waals surface area contributed by atoms with E-state index in [9.17, 15) is 0 Å². The average molecular weight is 184 g/mol. The summed E-state index contributed by atoms with van der Waals surface area (Å²) in [6.45, 7) is 3.13. The van der Waals surface area contributed by atoms with Crippen LogP contribution in [-0.4, -0.2) is 44.5 Å². The summed E-state index contributed by atoms with van der Waals surface area (Å²) in [5.74, 6) is 0.906. The molecule has 1 unspecified atom stereocenters. The third kappa shape index (κ3) is 3.12. The highest BCUT2D eigenvalue weighted by Crippen LogP contribution is 1.97. The van der Waals surface area contributed by atoms with Gasteiger partial charge in [-0.15, -0.1) is 0 Å². The summed E-state index contributed by atoms with van der Waals surface area (Å²) in [6.07, 6.45) is 1.23. The van der Waals surface area contributed by atoms with Crippen LogP contribution in [0.1, 0.15) is 12.7 Å². The predicted octanol–water partition coefficient (Wildman–Crippen LogP) is -0.372. The summed E-state index contributed by atoms with van der Waals surface area (Å²) in [6, 6.07) is 0. The van der Waals surface area contributed by atoms with E-state index in [0.29, 0.717) is 13.1 Å². The summed E-state index contributed by atoms with van der Waals surface area (Å²) in [5, 5.41) is 13.1. The fourth-order valence-corrected chi connectivity index (χ4v) is 1.22. The average Bonchev–Trinajstić information content (AvgIpc) is 2.34. The molecule has 1 atom stereocenters. The molecule has 1 aromatic rings. The molecule has 74 valence electrons. The van der Waals surface area contributed by atoms with E-state index in [4.69, 9.17) is 5.11 Å². The Morgan fingerprint density at radius 1 is 1.69 bits per heavy atom. The van der Waals surface area contributed by atoms with Crippen LogP contribution in [0, 0.1) is 0 Å². The van der Waals surface area contributed by atoms with E-state index >= 15 is 0 Å². The van der Waals surface area contributed by atoms with Crippen molar-refractivity contribution < 1.29 is 5.11 Å². The minimum atomic E-state index is -0.307. The molecule has 0 aliphatic heterocycles. The lowest BCUT2D eigenvalue weighted by Gasteiger charge is -2.17. The van der Waals surface area contributed by atoms with Gasteiger partial charge in [0.1, 0.15) is 12.2 Å². The van der Waals surface area contributed by atoms with Gasteiger partial charge in [-0.3, -0.25) is 9.58 Å². The zero-order valence-corrected chi connectivity index (χ0v) is 8.30. The second-order valence-electron chi connectivity index (χ2n) is 3.35. The largest absolute Gasteiger partial charge is 0.392 e. The molecule has 0 saturated heterocycles. The Morgan fingerprint density at radius 3 is 2.85 bits per heavy atom. The molecule has 0 bridgehead atoms. The van der Waals surface area contributed by atoms with Crippen LogP contribution in [0.4, 0.5) is 0 Å². The Hall–Kier alpha value is -0.940. The number of aliphatic hydroxyl groups excluding tert-OH is 1. The van der Waals surface area contributed by atoms with Crippen molar-refractivity contribution >= 4 is 0 Å². The summed E-state index contributed by atoms with van der Waals surface area (Å²) < 4.78 is 1.73. The molecule has 1 rings (SSSR count). The number of aliphatic hydroxyl groups is 1. The molecule has 1 aromatic heterocycles. The molecule has 13 heavy (non-hydrogen) atoms. The Labute approximate surface area is 78.0 Å². The maximum absolute atomic E-state index is 9.14. The third-order valence-corrected chi connectivity index (χ3v) is 1.79. The van der Waals surface area contributed by atoms with Crippen LogP contribution >= 0.6 is 0 Å². The van der Waals surface area contributed by atoms with E-state index in [-0.39, 0.29) is 6.10 Å². The summed E-state index contributed by atoms with van der Waals surface area (Å²) >= 11 is 0. The lowest BCUT2D eigenvalue weighted by atomic mass is 10.3. The van der Waals surface area contributed by atoms with Crippen LogP contribution in [0.3, 0.4) is 0 Å². The maximum Gasteiger partial charge on any atom is 0.140 e. The first-order valence-corrected chi connectivity index (χ1v) is 4.29. The molecule has 0 aliphatic carbocycles. The summed E-state index contributed by atoms with van der Waals surface area (Å²) in [4.78, 5) is 6.10. The van der Waals surface area contributed by atoms with Gasteiger partial charge in [0.05, 0.1) is 12.6 Å². The molecule has 0 radical (unpaired) electrons. The number of rotatable bonds is 4. The zero-order valence-electron chi connectivity index (χ0n) is 8.30. The van der Waals surface area contributed by atoms with Crippen molar-refractivity contribution in [1.82, 2.24) is 19.7 Å². The number of aryl methyl sites for hydroxylation is 1. The van der Waals surface area contributed by atoms with Gasteiger partial charge in [-0.25, -0.2) is 4.98 Å². The van der Waals surface area contributed by atoms with Gasteiger partial charge in [0.2, 0.25) is 0 Å². The smallest absolute Gasteiger partial charge is 0.140 e.